The van der Waals surface area contributed by atoms with Crippen molar-refractivity contribution in [3.8, 4) is 0 Å². The van der Waals surface area contributed by atoms with Gasteiger partial charge in [-0.15, -0.1) is 0 Å². The number of hydrazone groups is 1. The molecule has 1 aliphatic heterocycles. The van der Waals surface area contributed by atoms with Gasteiger partial charge < -0.3 is 4.90 Å². The highest BCUT2D eigenvalue weighted by atomic mass is 16.6. The lowest BCUT2D eigenvalue weighted by atomic mass is 10.1. The second-order valence-corrected chi connectivity index (χ2v) is 8.67. The van der Waals surface area contributed by atoms with Crippen molar-refractivity contribution in [2.75, 3.05) is 4.90 Å². The van der Waals surface area contributed by atoms with Crippen molar-refractivity contribution in [1.29, 1.82) is 0 Å². The number of nitro groups is 1. The van der Waals surface area contributed by atoms with Crippen LogP contribution in [0.25, 0.3) is 10.8 Å². The molecule has 8 heteroatoms. The molecule has 1 N–H and O–H groups in total. The Bertz CT molecular complexity index is 1570. The van der Waals surface area contributed by atoms with E-state index in [-0.39, 0.29) is 11.6 Å². The topological polar surface area (TPSA) is 105 Å². The monoisotopic (exact) mass is 478 g/mol. The Morgan fingerprint density at radius 2 is 1.69 bits per heavy atom. The molecule has 5 rings (SSSR count). The van der Waals surface area contributed by atoms with Crippen LogP contribution in [0.5, 0.6) is 0 Å². The van der Waals surface area contributed by atoms with Gasteiger partial charge in [0.05, 0.1) is 22.9 Å². The highest BCUT2D eigenvalue weighted by Crippen LogP contribution is 2.38. The van der Waals surface area contributed by atoms with Crippen LogP contribution in [0.3, 0.4) is 0 Å². The zero-order valence-corrected chi connectivity index (χ0v) is 19.7. The fourth-order valence-corrected chi connectivity index (χ4v) is 4.38. The Labute approximate surface area is 207 Å². The predicted octanol–water partition coefficient (Wildman–Crippen LogP) is 5.37. The first-order chi connectivity index (χ1) is 17.3. The van der Waals surface area contributed by atoms with Crippen LogP contribution < -0.4 is 10.3 Å². The van der Waals surface area contributed by atoms with Gasteiger partial charge in [-0.3, -0.25) is 19.7 Å². The molecule has 0 atom stereocenters. The van der Waals surface area contributed by atoms with Crippen molar-refractivity contribution in [2.24, 2.45) is 5.10 Å². The van der Waals surface area contributed by atoms with E-state index in [4.69, 9.17) is 0 Å². The highest BCUT2D eigenvalue weighted by molar-refractivity contribution is 6.24. The van der Waals surface area contributed by atoms with Gasteiger partial charge >= 0.3 is 0 Å². The zero-order valence-electron chi connectivity index (χ0n) is 19.7. The summed E-state index contributed by atoms with van der Waals surface area (Å²) in [6.45, 7) is 3.72. The average molecular weight is 479 g/mol. The van der Waals surface area contributed by atoms with E-state index in [0.29, 0.717) is 34.5 Å². The first-order valence-corrected chi connectivity index (χ1v) is 11.4. The Morgan fingerprint density at radius 3 is 2.42 bits per heavy atom. The van der Waals surface area contributed by atoms with Crippen molar-refractivity contribution < 1.29 is 14.5 Å². The number of rotatable bonds is 6. The summed E-state index contributed by atoms with van der Waals surface area (Å²) >= 11 is 0. The summed E-state index contributed by atoms with van der Waals surface area (Å²) in [6.07, 6.45) is 0. The summed E-state index contributed by atoms with van der Waals surface area (Å²) in [5.41, 5.74) is 6.93. The van der Waals surface area contributed by atoms with Crippen molar-refractivity contribution >= 4 is 39.7 Å². The summed E-state index contributed by atoms with van der Waals surface area (Å²) in [5, 5.41) is 17.3. The van der Waals surface area contributed by atoms with Gasteiger partial charge in [-0.2, -0.15) is 5.10 Å². The molecule has 0 fully saturated rings. The van der Waals surface area contributed by atoms with E-state index < -0.39 is 10.8 Å². The zero-order chi connectivity index (χ0) is 25.4. The Balaban J connectivity index is 1.28. The molecule has 0 aromatic heterocycles. The fraction of sp³-hybridized carbons (Fsp3) is 0.107. The lowest BCUT2D eigenvalue weighted by Crippen LogP contribution is -2.26. The third kappa shape index (κ3) is 4.09. The smallest absolute Gasteiger partial charge is 0.272 e. The number of amides is 2. The highest BCUT2D eigenvalue weighted by Gasteiger charge is 2.29. The summed E-state index contributed by atoms with van der Waals surface area (Å²) < 4.78 is 0. The number of hydrogen-bond donors (Lipinski definition) is 1. The second kappa shape index (κ2) is 9.07. The Morgan fingerprint density at radius 1 is 1.00 bits per heavy atom. The summed E-state index contributed by atoms with van der Waals surface area (Å²) in [4.78, 5) is 38.1. The number of nitro benzene ring substituents is 1. The molecule has 4 aromatic rings. The molecule has 0 unspecified atom stereocenters. The number of aryl methyl sites for hydroxylation is 1. The number of nitrogens with one attached hydrogen (secondary N) is 1. The first kappa shape index (κ1) is 22.9. The fourth-order valence-electron chi connectivity index (χ4n) is 4.38. The SMILES string of the molecule is CC(=NNC(=O)c1ccc(CN2C(=O)c3cccc4cccc2c34)cc1)c1ccc(C)c([N+](=O)[O-])c1. The largest absolute Gasteiger partial charge is 0.303 e. The number of nitrogens with zero attached hydrogens (tertiary/aromatic N) is 3. The lowest BCUT2D eigenvalue weighted by molar-refractivity contribution is -0.385. The molecule has 1 heterocycles. The van der Waals surface area contributed by atoms with Crippen LogP contribution in [-0.4, -0.2) is 22.4 Å². The number of hydrogen-bond acceptors (Lipinski definition) is 5. The minimum Gasteiger partial charge on any atom is -0.303 e. The van der Waals surface area contributed by atoms with Crippen LogP contribution in [0, 0.1) is 17.0 Å². The van der Waals surface area contributed by atoms with Gasteiger partial charge in [-0.05, 0) is 49.1 Å². The van der Waals surface area contributed by atoms with Crippen LogP contribution in [0.4, 0.5) is 11.4 Å². The number of carbonyl (C=O) groups excluding carboxylic acids is 2. The van der Waals surface area contributed by atoms with Gasteiger partial charge in [-0.25, -0.2) is 5.43 Å². The van der Waals surface area contributed by atoms with Gasteiger partial charge in [0.2, 0.25) is 0 Å². The van der Waals surface area contributed by atoms with Crippen LogP contribution >= 0.6 is 0 Å². The number of anilines is 1. The minimum atomic E-state index is -0.443. The lowest BCUT2D eigenvalue weighted by Gasteiger charge is -2.18. The van der Waals surface area contributed by atoms with Crippen molar-refractivity contribution in [1.82, 2.24) is 5.43 Å². The molecule has 2 amide bonds. The summed E-state index contributed by atoms with van der Waals surface area (Å²) in [5.74, 6) is -0.443. The molecule has 0 saturated carbocycles. The van der Waals surface area contributed by atoms with Gasteiger partial charge in [0.15, 0.2) is 0 Å². The van der Waals surface area contributed by atoms with Crippen molar-refractivity contribution in [2.45, 2.75) is 20.4 Å². The van der Waals surface area contributed by atoms with E-state index in [1.165, 1.54) is 6.07 Å². The van der Waals surface area contributed by atoms with Crippen LogP contribution in [0.1, 0.15) is 44.3 Å². The van der Waals surface area contributed by atoms with Crippen molar-refractivity contribution in [3.05, 3.63) is 117 Å². The van der Waals surface area contributed by atoms with Crippen LogP contribution in [-0.2, 0) is 6.54 Å². The normalized spacial score (nSPS) is 12.8. The molecule has 0 aliphatic carbocycles. The Hall–Kier alpha value is -4.85. The number of carbonyl (C=O) groups is 2. The molecule has 0 radical (unpaired) electrons. The molecule has 0 spiro atoms. The van der Waals surface area contributed by atoms with Crippen LogP contribution in [0.15, 0.2) is 84.0 Å². The molecular weight excluding hydrogens is 456 g/mol. The van der Waals surface area contributed by atoms with E-state index in [2.05, 4.69) is 10.5 Å². The maximum Gasteiger partial charge on any atom is 0.272 e. The Kier molecular flexibility index (Phi) is 5.77. The maximum absolute atomic E-state index is 13.0. The second-order valence-electron chi connectivity index (χ2n) is 8.67. The molecule has 178 valence electrons. The molecule has 36 heavy (non-hydrogen) atoms. The molecule has 0 saturated heterocycles. The minimum absolute atomic E-state index is 0.000202. The quantitative estimate of drug-likeness (QED) is 0.228. The van der Waals surface area contributed by atoms with Crippen molar-refractivity contribution in [3.63, 3.8) is 0 Å². The van der Waals surface area contributed by atoms with Crippen LogP contribution in [0.2, 0.25) is 0 Å². The van der Waals surface area contributed by atoms with E-state index in [1.807, 2.05) is 48.5 Å². The average Bonchev–Trinajstić information content (AvgIpc) is 3.15. The summed E-state index contributed by atoms with van der Waals surface area (Å²) in [7, 11) is 0. The maximum atomic E-state index is 13.0. The van der Waals surface area contributed by atoms with Gasteiger partial charge in [0, 0.05) is 33.7 Å². The molecule has 0 bridgehead atoms. The van der Waals surface area contributed by atoms with E-state index in [0.717, 1.165) is 22.0 Å². The third-order valence-corrected chi connectivity index (χ3v) is 6.35. The number of benzene rings is 4. The predicted molar refractivity (Wildman–Crippen MR) is 138 cm³/mol. The molecular formula is C28H22N4O4. The third-order valence-electron chi connectivity index (χ3n) is 6.35. The first-order valence-electron chi connectivity index (χ1n) is 11.4. The van der Waals surface area contributed by atoms with E-state index >= 15 is 0 Å². The molecule has 1 aliphatic rings. The summed E-state index contributed by atoms with van der Waals surface area (Å²) in [6, 6.07) is 23.4. The van der Waals surface area contributed by atoms with E-state index in [9.17, 15) is 19.7 Å². The van der Waals surface area contributed by atoms with E-state index in [1.54, 1.807) is 43.0 Å². The van der Waals surface area contributed by atoms with Gasteiger partial charge in [0.25, 0.3) is 17.5 Å². The van der Waals surface area contributed by atoms with Gasteiger partial charge in [0.1, 0.15) is 0 Å². The molecule has 4 aromatic carbocycles. The molecule has 8 nitrogen and oxygen atoms in total. The van der Waals surface area contributed by atoms with Gasteiger partial charge in [-0.1, -0.05) is 48.5 Å². The standard InChI is InChI=1S/C28H22N4O4/c1-17-9-12-22(15-25(17)32(35)36)18(2)29-30-27(33)21-13-10-19(11-14-21)16-31-24-8-4-6-20-5-3-7-23(26(20)24)28(31)34/h3-15H,16H2,1-2H3,(H,30,33).